The number of halogens is 2. The molecular weight excluding hydrogens is 206 g/mol. The number of nitrogens with zero attached hydrogens (tertiary/aromatic N) is 2. The largest absolute Gasteiger partial charge is 0.237 e. The lowest BCUT2D eigenvalue weighted by molar-refractivity contribution is 1.50. The summed E-state index contributed by atoms with van der Waals surface area (Å²) in [6, 6.07) is 3.15. The second-order valence-electron chi connectivity index (χ2n) is 2.21. The first-order valence-corrected chi connectivity index (χ1v) is 3.92. The molecule has 0 saturated heterocycles. The maximum atomic E-state index is 8.64. The number of rotatable bonds is 0. The van der Waals surface area contributed by atoms with Gasteiger partial charge in [0, 0.05) is 5.02 Å². The van der Waals surface area contributed by atoms with E-state index in [1.807, 2.05) is 6.07 Å². The van der Waals surface area contributed by atoms with Crippen LogP contribution in [0.4, 0.5) is 5.69 Å². The fourth-order valence-corrected chi connectivity index (χ4v) is 1.20. The molecule has 0 aliphatic heterocycles. The number of hydrogen-bond donors (Lipinski definition) is 0. The van der Waals surface area contributed by atoms with E-state index in [0.717, 1.165) is 0 Å². The molecule has 0 aliphatic rings. The molecule has 0 amide bonds. The summed E-state index contributed by atoms with van der Waals surface area (Å²) < 4.78 is 0. The van der Waals surface area contributed by atoms with Gasteiger partial charge in [-0.05, 0) is 6.07 Å². The number of hydrogen-bond acceptors (Lipinski definition) is 1. The molecule has 0 spiro atoms. The topological polar surface area (TPSA) is 28.1 Å². The van der Waals surface area contributed by atoms with Crippen LogP contribution in [0.25, 0.3) is 4.85 Å². The summed E-state index contributed by atoms with van der Waals surface area (Å²) in [4.78, 5) is 3.10. The van der Waals surface area contributed by atoms with Gasteiger partial charge in [-0.1, -0.05) is 28.7 Å². The highest BCUT2D eigenvalue weighted by Crippen LogP contribution is 2.27. The molecule has 1 rings (SSSR count). The Labute approximate surface area is 86.9 Å². The third kappa shape index (κ3) is 1.63. The van der Waals surface area contributed by atoms with Gasteiger partial charge in [0.05, 0.1) is 31.1 Å². The first-order valence-electron chi connectivity index (χ1n) is 3.16. The van der Waals surface area contributed by atoms with E-state index >= 15 is 0 Å². The van der Waals surface area contributed by atoms with Crippen molar-refractivity contribution < 1.29 is 0 Å². The second kappa shape index (κ2) is 3.70. The normalized spacial score (nSPS) is 8.92. The van der Waals surface area contributed by atoms with Crippen molar-refractivity contribution in [3.05, 3.63) is 33.1 Å². The van der Waals surface area contributed by atoms with Crippen LogP contribution in [0.3, 0.4) is 0 Å². The summed E-state index contributed by atoms with van der Waals surface area (Å²) in [5.74, 6) is 0. The Morgan fingerprint density at radius 2 is 2.15 bits per heavy atom. The highest BCUT2D eigenvalue weighted by atomic mass is 35.5. The van der Waals surface area contributed by atoms with E-state index in [1.54, 1.807) is 0 Å². The van der Waals surface area contributed by atoms with Gasteiger partial charge in [-0.25, -0.2) is 4.85 Å². The summed E-state index contributed by atoms with van der Waals surface area (Å²) in [5, 5.41) is 8.94. The molecule has 5 heteroatoms. The monoisotopic (exact) mass is 206 g/mol. The molecule has 1 aromatic carbocycles. The first-order chi connectivity index (χ1) is 6.11. The van der Waals surface area contributed by atoms with Gasteiger partial charge >= 0.3 is 0 Å². The van der Waals surface area contributed by atoms with Crippen molar-refractivity contribution in [3.8, 4) is 6.07 Å². The van der Waals surface area contributed by atoms with Gasteiger partial charge in [0.15, 0.2) is 5.69 Å². The minimum Gasteiger partial charge on any atom is -0.237 e. The quantitative estimate of drug-likeness (QED) is 0.473. The molecule has 0 fully saturated rings. The molecule has 0 atom stereocenters. The van der Waals surface area contributed by atoms with Gasteiger partial charge < -0.3 is 0 Å². The van der Waals surface area contributed by atoms with Crippen LogP contribution < -0.4 is 5.46 Å². The molecule has 1 aromatic rings. The van der Waals surface area contributed by atoms with Crippen LogP contribution in [0.1, 0.15) is 5.56 Å². The van der Waals surface area contributed by atoms with Crippen molar-refractivity contribution in [3.63, 3.8) is 0 Å². The molecule has 0 unspecified atom stereocenters. The van der Waals surface area contributed by atoms with Crippen molar-refractivity contribution in [2.45, 2.75) is 0 Å². The second-order valence-corrected chi connectivity index (χ2v) is 2.99. The predicted molar refractivity (Wildman–Crippen MR) is 52.8 cm³/mol. The molecule has 0 aliphatic carbocycles. The van der Waals surface area contributed by atoms with E-state index in [4.69, 9.17) is 42.9 Å². The zero-order valence-corrected chi connectivity index (χ0v) is 7.82. The lowest BCUT2D eigenvalue weighted by Crippen LogP contribution is -2.06. The average Bonchev–Trinajstić information content (AvgIpc) is 2.13. The molecule has 0 heterocycles. The van der Waals surface area contributed by atoms with Gasteiger partial charge in [-0.3, -0.25) is 0 Å². The van der Waals surface area contributed by atoms with Crippen LogP contribution in [0, 0.1) is 17.9 Å². The fourth-order valence-electron chi connectivity index (χ4n) is 0.842. The van der Waals surface area contributed by atoms with Crippen LogP contribution >= 0.6 is 23.2 Å². The van der Waals surface area contributed by atoms with Gasteiger partial charge in [0.2, 0.25) is 0 Å². The Balaban J connectivity index is 3.63. The third-order valence-corrected chi connectivity index (χ3v) is 2.26. The van der Waals surface area contributed by atoms with E-state index in [1.165, 1.54) is 6.07 Å². The maximum absolute atomic E-state index is 8.64. The maximum Gasteiger partial charge on any atom is 0.199 e. The molecule has 2 nitrogen and oxygen atoms in total. The van der Waals surface area contributed by atoms with Crippen LogP contribution in [-0.4, -0.2) is 7.85 Å². The van der Waals surface area contributed by atoms with E-state index in [-0.39, 0.29) is 26.8 Å². The highest BCUT2D eigenvalue weighted by molar-refractivity contribution is 6.52. The average molecular weight is 207 g/mol. The number of benzene rings is 1. The minimum atomic E-state index is 0.0527. The summed E-state index contributed by atoms with van der Waals surface area (Å²) in [5.41, 5.74) is 0.250. The van der Waals surface area contributed by atoms with Crippen molar-refractivity contribution in [1.29, 1.82) is 5.26 Å². The lowest BCUT2D eigenvalue weighted by Gasteiger charge is -2.04. The SMILES string of the molecule is [B]c1c(Cl)c(Cl)cc(C#N)c1[N+]#[C-]. The fraction of sp³-hybridized carbons (Fsp3) is 0. The van der Waals surface area contributed by atoms with E-state index in [2.05, 4.69) is 4.85 Å². The standard InChI is InChI=1S/C8HBCl2N2/c1-13-8-4(3-12)2-5(10)7(11)6(8)9/h2H. The van der Waals surface area contributed by atoms with E-state index in [0.29, 0.717) is 0 Å². The minimum absolute atomic E-state index is 0.0527. The van der Waals surface area contributed by atoms with E-state index < -0.39 is 0 Å². The predicted octanol–water partition coefficient (Wildman–Crippen LogP) is 2.21. The smallest absolute Gasteiger partial charge is 0.199 e. The summed E-state index contributed by atoms with van der Waals surface area (Å²) in [7, 11) is 5.49. The van der Waals surface area contributed by atoms with Gasteiger partial charge in [0.25, 0.3) is 0 Å². The van der Waals surface area contributed by atoms with Crippen molar-refractivity contribution in [2.24, 2.45) is 0 Å². The molecule has 2 radical (unpaired) electrons. The van der Waals surface area contributed by atoms with Crippen molar-refractivity contribution in [2.75, 3.05) is 0 Å². The number of nitriles is 1. The third-order valence-electron chi connectivity index (χ3n) is 1.46. The first kappa shape index (κ1) is 9.93. The summed E-state index contributed by atoms with van der Waals surface area (Å²) >= 11 is 11.3. The zero-order chi connectivity index (χ0) is 10.0. The van der Waals surface area contributed by atoms with E-state index in [9.17, 15) is 0 Å². The lowest BCUT2D eigenvalue weighted by atomic mass is 9.92. The van der Waals surface area contributed by atoms with Crippen molar-refractivity contribution in [1.82, 2.24) is 0 Å². The summed E-state index contributed by atoms with van der Waals surface area (Å²) in [6.45, 7) is 6.79. The molecule has 0 N–H and O–H groups in total. The van der Waals surface area contributed by atoms with Gasteiger partial charge in [-0.2, -0.15) is 5.26 Å². The van der Waals surface area contributed by atoms with Crippen LogP contribution in [0.15, 0.2) is 6.07 Å². The Morgan fingerprint density at radius 1 is 1.54 bits per heavy atom. The Bertz CT molecular complexity index is 443. The van der Waals surface area contributed by atoms with Gasteiger partial charge in [0.1, 0.15) is 0 Å². The molecule has 0 aromatic heterocycles. The Morgan fingerprint density at radius 3 is 2.62 bits per heavy atom. The zero-order valence-electron chi connectivity index (χ0n) is 6.31. The van der Waals surface area contributed by atoms with Crippen molar-refractivity contribution >= 4 is 42.2 Å². The molecule has 0 bridgehead atoms. The Kier molecular flexibility index (Phi) is 2.83. The highest BCUT2D eigenvalue weighted by Gasteiger charge is 2.11. The molecule has 60 valence electrons. The summed E-state index contributed by atoms with van der Waals surface area (Å²) in [6.07, 6.45) is 0. The molecule has 0 saturated carbocycles. The molecule has 13 heavy (non-hydrogen) atoms. The van der Waals surface area contributed by atoms with Crippen LogP contribution in [0.2, 0.25) is 10.0 Å². The molecular formula is C8HBCl2N2. The van der Waals surface area contributed by atoms with Gasteiger partial charge in [-0.15, -0.1) is 0 Å². The van der Waals surface area contributed by atoms with Crippen LogP contribution in [0.5, 0.6) is 0 Å². The van der Waals surface area contributed by atoms with Crippen LogP contribution in [-0.2, 0) is 0 Å². The Hall–Kier alpha value is -1.16.